The topological polar surface area (TPSA) is 54.1 Å². The quantitative estimate of drug-likeness (QED) is 0.797. The van der Waals surface area contributed by atoms with Crippen LogP contribution in [0.3, 0.4) is 0 Å². The van der Waals surface area contributed by atoms with Crippen LogP contribution in [-0.4, -0.2) is 27.7 Å². The Morgan fingerprint density at radius 2 is 2.17 bits per heavy atom. The third-order valence-corrected chi connectivity index (χ3v) is 5.31. The van der Waals surface area contributed by atoms with Crippen LogP contribution in [0.15, 0.2) is 24.5 Å². The van der Waals surface area contributed by atoms with Gasteiger partial charge in [-0.15, -0.1) is 0 Å². The fraction of sp³-hybridized carbons (Fsp3) is 0.529. The van der Waals surface area contributed by atoms with Gasteiger partial charge in [-0.05, 0) is 31.0 Å². The summed E-state index contributed by atoms with van der Waals surface area (Å²) in [5.41, 5.74) is 0.408. The van der Waals surface area contributed by atoms with Crippen LogP contribution in [0, 0.1) is 16.7 Å². The molecule has 1 aromatic carbocycles. The largest absolute Gasteiger partial charge is 0.370 e. The van der Waals surface area contributed by atoms with Crippen LogP contribution in [0.4, 0.5) is 8.78 Å². The van der Waals surface area contributed by atoms with E-state index in [1.807, 2.05) is 0 Å². The summed E-state index contributed by atoms with van der Waals surface area (Å²) in [6.45, 7) is 2.38. The second-order valence-electron chi connectivity index (χ2n) is 7.10. The van der Waals surface area contributed by atoms with Crippen molar-refractivity contribution in [2.24, 2.45) is 5.41 Å². The number of nitrogens with zero attached hydrogens (tertiary/aromatic N) is 3. The molecule has 0 N–H and O–H groups in total. The maximum Gasteiger partial charge on any atom is 0.255 e. The first kappa shape index (κ1) is 14.6. The van der Waals surface area contributed by atoms with Gasteiger partial charge in [0, 0.05) is 13.0 Å². The summed E-state index contributed by atoms with van der Waals surface area (Å²) in [5.74, 6) is -2.74. The highest BCUT2D eigenvalue weighted by Crippen LogP contribution is 2.57. The number of epoxide rings is 1. The number of ether oxygens (including phenoxy) is 1. The zero-order valence-electron chi connectivity index (χ0n) is 12.9. The molecule has 23 heavy (non-hydrogen) atoms. The average molecular weight is 317 g/mol. The molecule has 0 radical (unpaired) electrons. The molecule has 2 aliphatic rings. The van der Waals surface area contributed by atoms with Crippen molar-refractivity contribution < 1.29 is 13.5 Å². The highest BCUT2D eigenvalue weighted by Gasteiger charge is 2.63. The summed E-state index contributed by atoms with van der Waals surface area (Å²) in [4.78, 5) is 4.27. The second-order valence-corrected chi connectivity index (χ2v) is 7.10. The van der Waals surface area contributed by atoms with Crippen molar-refractivity contribution in [1.82, 2.24) is 9.55 Å². The Labute approximate surface area is 132 Å². The molecule has 0 amide bonds. The first-order valence-electron chi connectivity index (χ1n) is 7.73. The molecule has 4 rings (SSSR count). The van der Waals surface area contributed by atoms with Gasteiger partial charge >= 0.3 is 0 Å². The predicted octanol–water partition coefficient (Wildman–Crippen LogP) is 3.50. The minimum absolute atomic E-state index is 0.139. The number of aromatic nitrogens is 2. The van der Waals surface area contributed by atoms with Crippen molar-refractivity contribution in [3.63, 3.8) is 0 Å². The molecule has 2 atom stereocenters. The van der Waals surface area contributed by atoms with Gasteiger partial charge in [-0.1, -0.05) is 6.92 Å². The fourth-order valence-electron chi connectivity index (χ4n) is 3.76. The monoisotopic (exact) mass is 317 g/mol. The van der Waals surface area contributed by atoms with Crippen molar-refractivity contribution in [3.05, 3.63) is 30.1 Å². The zero-order valence-corrected chi connectivity index (χ0v) is 12.9. The molecule has 6 heteroatoms. The van der Waals surface area contributed by atoms with E-state index in [1.165, 1.54) is 0 Å². The Morgan fingerprint density at radius 1 is 1.39 bits per heavy atom. The van der Waals surface area contributed by atoms with Gasteiger partial charge in [-0.3, -0.25) is 0 Å². The van der Waals surface area contributed by atoms with Crippen LogP contribution >= 0.6 is 0 Å². The first-order chi connectivity index (χ1) is 10.9. The number of alkyl halides is 2. The highest BCUT2D eigenvalue weighted by atomic mass is 19.3. The van der Waals surface area contributed by atoms with E-state index in [4.69, 9.17) is 10.00 Å². The third-order valence-electron chi connectivity index (χ3n) is 5.31. The average Bonchev–Trinajstić information content (AvgIpc) is 3.16. The van der Waals surface area contributed by atoms with Gasteiger partial charge in [0.25, 0.3) is 5.92 Å². The van der Waals surface area contributed by atoms with Crippen molar-refractivity contribution in [1.29, 1.82) is 5.26 Å². The molecule has 2 aromatic rings. The molecule has 1 aliphatic carbocycles. The number of halogens is 2. The Morgan fingerprint density at radius 3 is 2.87 bits per heavy atom. The number of rotatable bonds is 2. The summed E-state index contributed by atoms with van der Waals surface area (Å²) >= 11 is 0. The Kier molecular flexibility index (Phi) is 2.86. The maximum absolute atomic E-state index is 14.6. The maximum atomic E-state index is 14.6. The van der Waals surface area contributed by atoms with Gasteiger partial charge in [0.15, 0.2) is 0 Å². The Bertz CT molecular complexity index is 819. The number of fused-ring (bicyclic) bond motifs is 1. The van der Waals surface area contributed by atoms with Crippen LogP contribution < -0.4 is 0 Å². The normalized spacial score (nSPS) is 32.1. The summed E-state index contributed by atoms with van der Waals surface area (Å²) in [6.07, 6.45) is 2.23. The lowest BCUT2D eigenvalue weighted by molar-refractivity contribution is -0.163. The van der Waals surface area contributed by atoms with Gasteiger partial charge in [0.2, 0.25) is 0 Å². The number of nitriles is 1. The fourth-order valence-corrected chi connectivity index (χ4v) is 3.76. The SMILES string of the molecule is C[C@@]1(Cn2cnc3ccc(C#N)cc32)C[C@]2(CCC1(F)F)CO2. The van der Waals surface area contributed by atoms with Crippen molar-refractivity contribution in [3.8, 4) is 6.07 Å². The Balaban J connectivity index is 1.72. The lowest BCUT2D eigenvalue weighted by Crippen LogP contribution is -2.49. The lowest BCUT2D eigenvalue weighted by atomic mass is 9.68. The second kappa shape index (κ2) is 4.51. The van der Waals surface area contributed by atoms with Gasteiger partial charge in [0.05, 0.1) is 46.6 Å². The van der Waals surface area contributed by atoms with Crippen LogP contribution in [0.2, 0.25) is 0 Å². The van der Waals surface area contributed by atoms with E-state index in [0.29, 0.717) is 30.5 Å². The summed E-state index contributed by atoms with van der Waals surface area (Å²) < 4.78 is 36.4. The molecule has 0 unspecified atom stereocenters. The number of hydrogen-bond acceptors (Lipinski definition) is 3. The van der Waals surface area contributed by atoms with Gasteiger partial charge in [-0.25, -0.2) is 13.8 Å². The molecule has 2 fully saturated rings. The predicted molar refractivity (Wildman–Crippen MR) is 80.0 cm³/mol. The molecule has 1 saturated carbocycles. The van der Waals surface area contributed by atoms with E-state index in [-0.39, 0.29) is 18.6 Å². The molecule has 1 aromatic heterocycles. The van der Waals surface area contributed by atoms with Crippen LogP contribution in [0.25, 0.3) is 11.0 Å². The molecule has 2 heterocycles. The van der Waals surface area contributed by atoms with Crippen molar-refractivity contribution in [2.45, 2.75) is 44.3 Å². The smallest absolute Gasteiger partial charge is 0.255 e. The van der Waals surface area contributed by atoms with E-state index < -0.39 is 11.3 Å². The minimum Gasteiger partial charge on any atom is -0.370 e. The summed E-state index contributed by atoms with van der Waals surface area (Å²) in [7, 11) is 0. The van der Waals surface area contributed by atoms with E-state index >= 15 is 0 Å². The van der Waals surface area contributed by atoms with Crippen molar-refractivity contribution >= 4 is 11.0 Å². The van der Waals surface area contributed by atoms with E-state index in [0.717, 1.165) is 5.52 Å². The molecule has 1 saturated heterocycles. The van der Waals surface area contributed by atoms with E-state index in [9.17, 15) is 8.78 Å². The van der Waals surface area contributed by atoms with Gasteiger partial charge in [0.1, 0.15) is 0 Å². The van der Waals surface area contributed by atoms with Crippen LogP contribution in [0.1, 0.15) is 31.7 Å². The molecular formula is C17H17F2N3O. The number of hydrogen-bond donors (Lipinski definition) is 0. The lowest BCUT2D eigenvalue weighted by Gasteiger charge is -2.43. The van der Waals surface area contributed by atoms with Gasteiger partial charge < -0.3 is 9.30 Å². The molecular weight excluding hydrogens is 300 g/mol. The molecule has 120 valence electrons. The van der Waals surface area contributed by atoms with Gasteiger partial charge in [-0.2, -0.15) is 5.26 Å². The van der Waals surface area contributed by atoms with E-state index in [2.05, 4.69) is 11.1 Å². The highest BCUT2D eigenvalue weighted by molar-refractivity contribution is 5.77. The first-order valence-corrected chi connectivity index (χ1v) is 7.73. The molecule has 1 aliphatic heterocycles. The standard InChI is InChI=1S/C17H17F2N3O/c1-15(8-16(10-23-16)4-5-17(15,18)19)9-22-11-21-13-3-2-12(7-20)6-14(13)22/h2-3,6,11H,4-5,8-10H2,1H3/t15-,16+/m0/s1. The third kappa shape index (κ3) is 2.22. The summed E-state index contributed by atoms with van der Waals surface area (Å²) in [6, 6.07) is 7.22. The minimum atomic E-state index is -2.74. The zero-order chi connectivity index (χ0) is 16.3. The molecule has 1 spiro atoms. The Hall–Kier alpha value is -2.00. The summed E-state index contributed by atoms with van der Waals surface area (Å²) in [5, 5.41) is 9.04. The van der Waals surface area contributed by atoms with E-state index in [1.54, 1.807) is 36.0 Å². The number of imidazole rings is 1. The molecule has 0 bridgehead atoms. The van der Waals surface area contributed by atoms with Crippen LogP contribution in [0.5, 0.6) is 0 Å². The van der Waals surface area contributed by atoms with Crippen LogP contribution in [-0.2, 0) is 11.3 Å². The molecule has 4 nitrogen and oxygen atoms in total. The number of benzene rings is 1. The van der Waals surface area contributed by atoms with Crippen molar-refractivity contribution in [2.75, 3.05) is 6.61 Å².